The molecular formula is C17H19N3O7. The molecule has 10 nitrogen and oxygen atoms in total. The average molecular weight is 377 g/mol. The van der Waals surface area contributed by atoms with E-state index in [2.05, 4.69) is 10.0 Å². The monoisotopic (exact) mass is 377 g/mol. The van der Waals surface area contributed by atoms with Crippen LogP contribution in [0.1, 0.15) is 25.7 Å². The van der Waals surface area contributed by atoms with Gasteiger partial charge in [0, 0.05) is 24.3 Å². The van der Waals surface area contributed by atoms with Gasteiger partial charge in [0.25, 0.3) is 0 Å². The quantitative estimate of drug-likeness (QED) is 0.339. The first-order chi connectivity index (χ1) is 13.0. The Bertz CT molecular complexity index is 737. The van der Waals surface area contributed by atoms with Crippen molar-refractivity contribution in [1.29, 1.82) is 0 Å². The molecule has 0 aromatic heterocycles. The normalized spacial score (nSPS) is 32.5. The van der Waals surface area contributed by atoms with Gasteiger partial charge in [0.1, 0.15) is 24.4 Å². The topological polar surface area (TPSA) is 129 Å². The molecule has 2 saturated heterocycles. The van der Waals surface area contributed by atoms with Crippen molar-refractivity contribution in [3.8, 4) is 0 Å². The van der Waals surface area contributed by atoms with Gasteiger partial charge in [-0.25, -0.2) is 0 Å². The molecule has 0 spiro atoms. The number of hydrogen-bond donors (Lipinski definition) is 0. The zero-order valence-corrected chi connectivity index (χ0v) is 14.8. The van der Waals surface area contributed by atoms with Gasteiger partial charge in [-0.1, -0.05) is 35.4 Å². The third-order valence-electron chi connectivity index (χ3n) is 4.15. The molecule has 2 heterocycles. The number of carbonyl (C=O) groups is 2. The lowest BCUT2D eigenvalue weighted by atomic mass is 9.96. The molecule has 0 bridgehead atoms. The molecule has 6 atom stereocenters. The highest BCUT2D eigenvalue weighted by Crippen LogP contribution is 2.36. The van der Waals surface area contributed by atoms with Crippen LogP contribution in [0, 0.1) is 0 Å². The highest BCUT2D eigenvalue weighted by Gasteiger charge is 2.52. The van der Waals surface area contributed by atoms with Gasteiger partial charge in [-0.15, -0.1) is 0 Å². The molecule has 0 radical (unpaired) electrons. The van der Waals surface area contributed by atoms with Crippen molar-refractivity contribution in [3.63, 3.8) is 0 Å². The predicted molar refractivity (Wildman–Crippen MR) is 88.9 cm³/mol. The van der Waals surface area contributed by atoms with Crippen LogP contribution in [0.25, 0.3) is 10.4 Å². The van der Waals surface area contributed by atoms with E-state index in [1.54, 1.807) is 0 Å². The molecule has 10 heteroatoms. The van der Waals surface area contributed by atoms with Gasteiger partial charge in [-0.2, -0.15) is 0 Å². The first-order valence-corrected chi connectivity index (χ1v) is 8.35. The second kappa shape index (κ2) is 8.36. The summed E-state index contributed by atoms with van der Waals surface area (Å²) in [5.74, 6) is -1.22. The molecule has 27 heavy (non-hydrogen) atoms. The fourth-order valence-corrected chi connectivity index (χ4v) is 3.11. The van der Waals surface area contributed by atoms with E-state index in [-0.39, 0.29) is 6.61 Å². The molecule has 144 valence electrons. The number of ether oxygens (including phenoxy) is 5. The van der Waals surface area contributed by atoms with E-state index in [0.717, 1.165) is 5.56 Å². The van der Waals surface area contributed by atoms with Crippen molar-refractivity contribution < 1.29 is 33.3 Å². The third-order valence-corrected chi connectivity index (χ3v) is 4.15. The number of hydrogen-bond acceptors (Lipinski definition) is 8. The lowest BCUT2D eigenvalue weighted by molar-refractivity contribution is -0.337. The Balaban J connectivity index is 1.89. The van der Waals surface area contributed by atoms with E-state index in [9.17, 15) is 9.59 Å². The van der Waals surface area contributed by atoms with E-state index in [1.165, 1.54) is 13.8 Å². The zero-order chi connectivity index (χ0) is 19.4. The van der Waals surface area contributed by atoms with Gasteiger partial charge >= 0.3 is 11.9 Å². The minimum Gasteiger partial charge on any atom is -0.459 e. The summed E-state index contributed by atoms with van der Waals surface area (Å²) >= 11 is 0. The van der Waals surface area contributed by atoms with Crippen LogP contribution < -0.4 is 0 Å². The minimum atomic E-state index is -1.22. The number of nitrogens with zero attached hydrogens (tertiary/aromatic N) is 3. The van der Waals surface area contributed by atoms with Crippen molar-refractivity contribution >= 4 is 11.9 Å². The van der Waals surface area contributed by atoms with E-state index in [0.29, 0.717) is 0 Å². The van der Waals surface area contributed by atoms with Crippen molar-refractivity contribution in [1.82, 2.24) is 0 Å². The maximum atomic E-state index is 11.6. The van der Waals surface area contributed by atoms with Gasteiger partial charge in [-0.3, -0.25) is 9.59 Å². The van der Waals surface area contributed by atoms with Crippen LogP contribution in [0.4, 0.5) is 0 Å². The summed E-state index contributed by atoms with van der Waals surface area (Å²) in [6.07, 6.45) is -4.37. The Morgan fingerprint density at radius 3 is 2.48 bits per heavy atom. The lowest BCUT2D eigenvalue weighted by Gasteiger charge is -2.47. The van der Waals surface area contributed by atoms with Crippen molar-refractivity contribution in [2.24, 2.45) is 5.11 Å². The molecule has 2 unspecified atom stereocenters. The predicted octanol–water partition coefficient (Wildman–Crippen LogP) is 2.00. The zero-order valence-electron chi connectivity index (χ0n) is 14.8. The van der Waals surface area contributed by atoms with Gasteiger partial charge in [0.05, 0.1) is 6.61 Å². The number of benzene rings is 1. The SMILES string of the molecule is CC(=O)OC1O[C@@H]2COC(c3ccccc3)O[C@H]2[C@H](OC(C)=O)[C@H]1N=[N+]=[N-]. The standard InChI is InChI=1S/C17H19N3O7/c1-9(21)24-15-13(19-20-18)17(25-10(2)22)26-12-8-23-16(27-14(12)15)11-6-4-3-5-7-11/h3-7,12-17H,8H2,1-2H3/t12-,13-,14-,15-,16?,17?/m1/s1. The highest BCUT2D eigenvalue weighted by molar-refractivity contribution is 5.67. The summed E-state index contributed by atoms with van der Waals surface area (Å²) in [5, 5.41) is 3.62. The molecule has 2 aliphatic heterocycles. The van der Waals surface area contributed by atoms with E-state index < -0.39 is 48.9 Å². The molecule has 0 amide bonds. The van der Waals surface area contributed by atoms with Crippen LogP contribution in [0.15, 0.2) is 35.4 Å². The van der Waals surface area contributed by atoms with Crippen LogP contribution >= 0.6 is 0 Å². The Morgan fingerprint density at radius 2 is 1.85 bits per heavy atom. The van der Waals surface area contributed by atoms with Crippen LogP contribution in [-0.2, 0) is 33.3 Å². The molecule has 3 rings (SSSR count). The summed E-state index contributed by atoms with van der Waals surface area (Å²) in [6, 6.07) is 8.12. The highest BCUT2D eigenvalue weighted by atomic mass is 16.8. The maximum Gasteiger partial charge on any atom is 0.304 e. The van der Waals surface area contributed by atoms with Crippen LogP contribution in [0.3, 0.4) is 0 Å². The molecular weight excluding hydrogens is 358 g/mol. The smallest absolute Gasteiger partial charge is 0.304 e. The number of carbonyl (C=O) groups excluding carboxylic acids is 2. The molecule has 1 aromatic carbocycles. The summed E-state index contributed by atoms with van der Waals surface area (Å²) in [4.78, 5) is 25.8. The summed E-state index contributed by atoms with van der Waals surface area (Å²) in [6.45, 7) is 2.54. The lowest BCUT2D eigenvalue weighted by Crippen LogP contribution is -2.62. The van der Waals surface area contributed by atoms with Crippen molar-refractivity contribution in [2.75, 3.05) is 6.61 Å². The molecule has 1 aromatic rings. The Morgan fingerprint density at radius 1 is 1.15 bits per heavy atom. The summed E-state index contributed by atoms with van der Waals surface area (Å²) < 4.78 is 27.9. The Hall–Kier alpha value is -2.65. The number of azide groups is 1. The minimum absolute atomic E-state index is 0.114. The first-order valence-electron chi connectivity index (χ1n) is 8.35. The van der Waals surface area contributed by atoms with Crippen LogP contribution in [0.5, 0.6) is 0 Å². The largest absolute Gasteiger partial charge is 0.459 e. The number of fused-ring (bicyclic) bond motifs is 1. The maximum absolute atomic E-state index is 11.6. The van der Waals surface area contributed by atoms with Crippen LogP contribution in [0.2, 0.25) is 0 Å². The van der Waals surface area contributed by atoms with E-state index >= 15 is 0 Å². The van der Waals surface area contributed by atoms with Crippen molar-refractivity contribution in [3.05, 3.63) is 46.3 Å². The average Bonchev–Trinajstić information content (AvgIpc) is 2.64. The van der Waals surface area contributed by atoms with Gasteiger partial charge in [0.15, 0.2) is 6.29 Å². The van der Waals surface area contributed by atoms with Gasteiger partial charge in [0.2, 0.25) is 6.29 Å². The van der Waals surface area contributed by atoms with Crippen LogP contribution in [-0.4, -0.2) is 49.2 Å². The molecule has 0 aliphatic carbocycles. The summed E-state index contributed by atoms with van der Waals surface area (Å²) in [5.41, 5.74) is 9.68. The van der Waals surface area contributed by atoms with E-state index in [1.807, 2.05) is 30.3 Å². The Labute approximate surface area is 154 Å². The van der Waals surface area contributed by atoms with E-state index in [4.69, 9.17) is 29.2 Å². The molecule has 2 fully saturated rings. The molecule has 2 aliphatic rings. The molecule has 0 saturated carbocycles. The fraction of sp³-hybridized carbons (Fsp3) is 0.529. The van der Waals surface area contributed by atoms with Gasteiger partial charge < -0.3 is 23.7 Å². The number of rotatable bonds is 4. The second-order valence-electron chi connectivity index (χ2n) is 6.10. The summed E-state index contributed by atoms with van der Waals surface area (Å²) in [7, 11) is 0. The van der Waals surface area contributed by atoms with Crippen molar-refractivity contribution in [2.45, 2.75) is 50.8 Å². The van der Waals surface area contributed by atoms with Gasteiger partial charge in [-0.05, 0) is 5.53 Å². The third kappa shape index (κ3) is 4.37. The number of esters is 2. The fourth-order valence-electron chi connectivity index (χ4n) is 3.11. The Kier molecular flexibility index (Phi) is 5.92. The first kappa shape index (κ1) is 19.1. The molecule has 0 N–H and O–H groups in total. The second-order valence-corrected chi connectivity index (χ2v) is 6.10.